The molecule has 0 atom stereocenters. The first-order chi connectivity index (χ1) is 13.9. The fourth-order valence-electron chi connectivity index (χ4n) is 3.46. The van der Waals surface area contributed by atoms with Crippen LogP contribution in [0.2, 0.25) is 0 Å². The lowest BCUT2D eigenvalue weighted by Gasteiger charge is -2.23. The van der Waals surface area contributed by atoms with Crippen LogP contribution in [-0.2, 0) is 19.6 Å². The van der Waals surface area contributed by atoms with Crippen molar-refractivity contribution in [1.82, 2.24) is 9.21 Å². The third-order valence-electron chi connectivity index (χ3n) is 5.18. The summed E-state index contributed by atoms with van der Waals surface area (Å²) in [6.07, 6.45) is 3.66. The number of methoxy groups -OCH3 is 1. The maximum absolute atomic E-state index is 13.1. The zero-order chi connectivity index (χ0) is 21.0. The molecule has 1 amide bonds. The Balaban J connectivity index is 1.89. The Labute approximate surface area is 171 Å². The van der Waals surface area contributed by atoms with E-state index in [-0.39, 0.29) is 35.3 Å². The molecule has 29 heavy (non-hydrogen) atoms. The minimum Gasteiger partial charge on any atom is -0.495 e. The molecule has 0 unspecified atom stereocenters. The van der Waals surface area contributed by atoms with Gasteiger partial charge in [0.2, 0.25) is 10.0 Å². The number of nitrogens with zero attached hydrogens (tertiary/aromatic N) is 2. The van der Waals surface area contributed by atoms with Crippen LogP contribution in [0.1, 0.15) is 43.0 Å². The van der Waals surface area contributed by atoms with Gasteiger partial charge in [-0.2, -0.15) is 4.31 Å². The van der Waals surface area contributed by atoms with E-state index in [1.54, 1.807) is 6.92 Å². The molecule has 3 rings (SSSR count). The fraction of sp³-hybridized carbons (Fsp3) is 0.600. The number of ether oxygens (including phenoxy) is 2. The smallest absolute Gasteiger partial charge is 0.325 e. The molecular formula is C20H28N2O6S. The van der Waals surface area contributed by atoms with E-state index in [0.717, 1.165) is 25.7 Å². The molecule has 0 bridgehead atoms. The molecule has 2 aliphatic rings. The van der Waals surface area contributed by atoms with Crippen LogP contribution < -0.4 is 4.74 Å². The summed E-state index contributed by atoms with van der Waals surface area (Å²) in [5.74, 6) is -0.280. The maximum atomic E-state index is 13.1. The number of amides is 1. The van der Waals surface area contributed by atoms with E-state index in [9.17, 15) is 18.0 Å². The average Bonchev–Trinajstić information content (AvgIpc) is 3.34. The molecule has 1 heterocycles. The first kappa shape index (κ1) is 21.6. The lowest BCUT2D eigenvalue weighted by atomic mass is 10.1. The second-order valence-corrected chi connectivity index (χ2v) is 9.32. The van der Waals surface area contributed by atoms with Gasteiger partial charge in [-0.15, -0.1) is 0 Å². The van der Waals surface area contributed by atoms with E-state index in [2.05, 4.69) is 0 Å². The molecule has 1 saturated carbocycles. The van der Waals surface area contributed by atoms with Gasteiger partial charge in [0.1, 0.15) is 17.2 Å². The minimum atomic E-state index is -3.76. The first-order valence-electron chi connectivity index (χ1n) is 10.00. The maximum Gasteiger partial charge on any atom is 0.325 e. The molecule has 1 aromatic rings. The Bertz CT molecular complexity index is 860. The highest BCUT2D eigenvalue weighted by Crippen LogP contribution is 2.32. The highest BCUT2D eigenvalue weighted by Gasteiger charge is 2.33. The molecular weight excluding hydrogens is 396 g/mol. The molecule has 1 aliphatic heterocycles. The van der Waals surface area contributed by atoms with Gasteiger partial charge in [0.05, 0.1) is 13.7 Å². The van der Waals surface area contributed by atoms with Crippen molar-refractivity contribution in [2.24, 2.45) is 5.92 Å². The van der Waals surface area contributed by atoms with Crippen molar-refractivity contribution in [2.45, 2.75) is 37.5 Å². The highest BCUT2D eigenvalue weighted by atomic mass is 32.2. The van der Waals surface area contributed by atoms with E-state index < -0.39 is 16.0 Å². The summed E-state index contributed by atoms with van der Waals surface area (Å²) in [6, 6.07) is 4.39. The summed E-state index contributed by atoms with van der Waals surface area (Å²) in [5.41, 5.74) is 0.216. The average molecular weight is 425 g/mol. The second-order valence-electron chi connectivity index (χ2n) is 7.41. The van der Waals surface area contributed by atoms with Gasteiger partial charge in [-0.25, -0.2) is 8.42 Å². The normalized spacial score (nSPS) is 17.2. The molecule has 0 aromatic heterocycles. The molecule has 8 nitrogen and oxygen atoms in total. The predicted octanol–water partition coefficient (Wildman–Crippen LogP) is 1.90. The van der Waals surface area contributed by atoms with E-state index in [1.165, 1.54) is 34.5 Å². The minimum absolute atomic E-state index is 0.0183. The molecule has 0 spiro atoms. The zero-order valence-electron chi connectivity index (χ0n) is 16.9. The van der Waals surface area contributed by atoms with Gasteiger partial charge in [0.15, 0.2) is 0 Å². The number of benzene rings is 1. The number of esters is 1. The van der Waals surface area contributed by atoms with E-state index >= 15 is 0 Å². The number of carbonyl (C=O) groups is 2. The molecule has 1 aliphatic carbocycles. The van der Waals surface area contributed by atoms with Crippen LogP contribution in [0.3, 0.4) is 0 Å². The topological polar surface area (TPSA) is 93.2 Å². The standard InChI is InChI=1S/C20H28N2O6S/c1-3-28-19(23)14-21(13-15-6-7-15)20(24)16-8-9-17(27-2)18(12-16)29(25,26)22-10-4-5-11-22/h8-9,12,15H,3-7,10-11,13-14H2,1-2H3. The SMILES string of the molecule is CCOC(=O)CN(CC1CC1)C(=O)c1ccc(OC)c(S(=O)(=O)N2CCCC2)c1. The third kappa shape index (κ3) is 5.08. The summed E-state index contributed by atoms with van der Waals surface area (Å²) in [6.45, 7) is 3.18. The summed E-state index contributed by atoms with van der Waals surface area (Å²) in [5, 5.41) is 0. The van der Waals surface area contributed by atoms with Crippen molar-refractivity contribution in [3.63, 3.8) is 0 Å². The fourth-order valence-corrected chi connectivity index (χ4v) is 5.15. The Morgan fingerprint density at radius 1 is 1.21 bits per heavy atom. The molecule has 2 fully saturated rings. The van der Waals surface area contributed by atoms with Crippen molar-refractivity contribution < 1.29 is 27.5 Å². The van der Waals surface area contributed by atoms with Crippen LogP contribution in [0.15, 0.2) is 23.1 Å². The van der Waals surface area contributed by atoms with Crippen molar-refractivity contribution in [3.8, 4) is 5.75 Å². The summed E-state index contributed by atoms with van der Waals surface area (Å²) >= 11 is 0. The number of hydrogen-bond acceptors (Lipinski definition) is 6. The lowest BCUT2D eigenvalue weighted by Crippen LogP contribution is -2.38. The van der Waals surface area contributed by atoms with Gasteiger partial charge < -0.3 is 14.4 Å². The van der Waals surface area contributed by atoms with E-state index in [4.69, 9.17) is 9.47 Å². The monoisotopic (exact) mass is 424 g/mol. The van der Waals surface area contributed by atoms with Crippen LogP contribution in [0, 0.1) is 5.92 Å². The zero-order valence-corrected chi connectivity index (χ0v) is 17.7. The Kier molecular flexibility index (Phi) is 6.79. The van der Waals surface area contributed by atoms with Crippen molar-refractivity contribution in [3.05, 3.63) is 23.8 Å². The largest absolute Gasteiger partial charge is 0.495 e. The third-order valence-corrected chi connectivity index (χ3v) is 7.10. The molecule has 0 N–H and O–H groups in total. The van der Waals surface area contributed by atoms with Gasteiger partial charge in [-0.1, -0.05) is 0 Å². The van der Waals surface area contributed by atoms with Crippen molar-refractivity contribution in [2.75, 3.05) is 39.9 Å². The lowest BCUT2D eigenvalue weighted by molar-refractivity contribution is -0.143. The molecule has 9 heteroatoms. The van der Waals surface area contributed by atoms with Crippen molar-refractivity contribution >= 4 is 21.9 Å². The first-order valence-corrected chi connectivity index (χ1v) is 11.4. The van der Waals surface area contributed by atoms with Gasteiger partial charge in [0, 0.05) is 25.2 Å². The summed E-state index contributed by atoms with van der Waals surface area (Å²) in [4.78, 5) is 26.5. The summed E-state index contributed by atoms with van der Waals surface area (Å²) in [7, 11) is -2.36. The van der Waals surface area contributed by atoms with Gasteiger partial charge in [0.25, 0.3) is 5.91 Å². The van der Waals surface area contributed by atoms with Crippen LogP contribution in [-0.4, -0.2) is 69.4 Å². The van der Waals surface area contributed by atoms with Gasteiger partial charge in [-0.05, 0) is 56.7 Å². The summed E-state index contributed by atoms with van der Waals surface area (Å²) < 4.78 is 37.8. The second kappa shape index (κ2) is 9.13. The van der Waals surface area contributed by atoms with Crippen LogP contribution >= 0.6 is 0 Å². The van der Waals surface area contributed by atoms with E-state index in [1.807, 2.05) is 0 Å². The van der Waals surface area contributed by atoms with E-state index in [0.29, 0.717) is 25.6 Å². The molecule has 1 saturated heterocycles. The molecule has 1 aromatic carbocycles. The van der Waals surface area contributed by atoms with Gasteiger partial charge in [-0.3, -0.25) is 9.59 Å². The number of hydrogen-bond donors (Lipinski definition) is 0. The number of carbonyl (C=O) groups excluding carboxylic acids is 2. The quantitative estimate of drug-likeness (QED) is 0.562. The highest BCUT2D eigenvalue weighted by molar-refractivity contribution is 7.89. The number of sulfonamides is 1. The van der Waals surface area contributed by atoms with Crippen LogP contribution in [0.5, 0.6) is 5.75 Å². The van der Waals surface area contributed by atoms with Crippen molar-refractivity contribution in [1.29, 1.82) is 0 Å². The van der Waals surface area contributed by atoms with Crippen LogP contribution in [0.25, 0.3) is 0 Å². The van der Waals surface area contributed by atoms with Crippen LogP contribution in [0.4, 0.5) is 0 Å². The number of rotatable bonds is 9. The molecule has 160 valence electrons. The Hall–Kier alpha value is -2.13. The Morgan fingerprint density at radius 3 is 2.48 bits per heavy atom. The Morgan fingerprint density at radius 2 is 1.90 bits per heavy atom. The molecule has 0 radical (unpaired) electrons. The predicted molar refractivity (Wildman–Crippen MR) is 106 cm³/mol. The van der Waals surface area contributed by atoms with Gasteiger partial charge >= 0.3 is 5.97 Å².